The van der Waals surface area contributed by atoms with E-state index in [0.717, 1.165) is 22.7 Å². The standard InChI is InChI=1S/C52H36N2/c1-3-15-37(16-4-1)38-29-33-42(34-30-38)53(49-27-13-18-39-17-7-8-22-45(39)49)43-35-31-40(32-36-43)44-21-9-10-23-46(44)47-25-14-28-51-52(47)48-24-11-12-26-50(48)54(51)41-19-5-2-6-20-41/h1-36H. The zero-order chi connectivity index (χ0) is 35.8. The number of aromatic nitrogens is 1. The van der Waals surface area contributed by atoms with Gasteiger partial charge in [-0.3, -0.25) is 0 Å². The number of rotatable bonds is 7. The molecule has 0 bridgehead atoms. The van der Waals surface area contributed by atoms with Crippen molar-refractivity contribution in [1.82, 2.24) is 4.57 Å². The first kappa shape index (κ1) is 31.6. The van der Waals surface area contributed by atoms with Crippen LogP contribution in [0, 0.1) is 0 Å². The summed E-state index contributed by atoms with van der Waals surface area (Å²) in [7, 11) is 0. The van der Waals surface area contributed by atoms with Crippen LogP contribution in [0.2, 0.25) is 0 Å². The highest BCUT2D eigenvalue weighted by Crippen LogP contribution is 2.44. The van der Waals surface area contributed by atoms with Crippen LogP contribution < -0.4 is 4.90 Å². The Morgan fingerprint density at radius 3 is 1.59 bits per heavy atom. The highest BCUT2D eigenvalue weighted by molar-refractivity contribution is 6.16. The van der Waals surface area contributed by atoms with E-state index in [4.69, 9.17) is 0 Å². The first-order valence-corrected chi connectivity index (χ1v) is 18.5. The minimum atomic E-state index is 1.10. The third kappa shape index (κ3) is 5.44. The monoisotopic (exact) mass is 688 g/mol. The lowest BCUT2D eigenvalue weighted by molar-refractivity contribution is 1.18. The number of benzene rings is 9. The third-order valence-electron chi connectivity index (χ3n) is 10.6. The normalized spacial score (nSPS) is 11.3. The van der Waals surface area contributed by atoms with E-state index in [2.05, 4.69) is 228 Å². The fourth-order valence-electron chi connectivity index (χ4n) is 8.12. The topological polar surface area (TPSA) is 8.17 Å². The van der Waals surface area contributed by atoms with Crippen molar-refractivity contribution in [3.05, 3.63) is 218 Å². The molecule has 0 saturated heterocycles. The van der Waals surface area contributed by atoms with Crippen LogP contribution in [0.25, 0.3) is 71.6 Å². The Hall–Kier alpha value is -7.16. The molecule has 0 fully saturated rings. The maximum absolute atomic E-state index is 2.39. The second-order valence-corrected chi connectivity index (χ2v) is 13.7. The summed E-state index contributed by atoms with van der Waals surface area (Å²) in [5.41, 5.74) is 14.2. The van der Waals surface area contributed by atoms with Gasteiger partial charge in [-0.15, -0.1) is 0 Å². The van der Waals surface area contributed by atoms with Crippen molar-refractivity contribution in [1.29, 1.82) is 0 Å². The molecule has 10 aromatic rings. The Labute approximate surface area is 315 Å². The van der Waals surface area contributed by atoms with E-state index >= 15 is 0 Å². The maximum Gasteiger partial charge on any atom is 0.0547 e. The van der Waals surface area contributed by atoms with E-state index in [1.807, 2.05) is 0 Å². The number of hydrogen-bond acceptors (Lipinski definition) is 1. The van der Waals surface area contributed by atoms with E-state index in [1.165, 1.54) is 66.0 Å². The number of fused-ring (bicyclic) bond motifs is 4. The van der Waals surface area contributed by atoms with E-state index in [-0.39, 0.29) is 0 Å². The minimum Gasteiger partial charge on any atom is -0.310 e. The molecular weight excluding hydrogens is 653 g/mol. The summed E-state index contributed by atoms with van der Waals surface area (Å²) < 4.78 is 2.39. The van der Waals surface area contributed by atoms with Crippen molar-refractivity contribution < 1.29 is 0 Å². The van der Waals surface area contributed by atoms with E-state index in [9.17, 15) is 0 Å². The summed E-state index contributed by atoms with van der Waals surface area (Å²) in [5.74, 6) is 0. The molecular formula is C52H36N2. The average Bonchev–Trinajstić information content (AvgIpc) is 3.60. The lowest BCUT2D eigenvalue weighted by atomic mass is 9.92. The van der Waals surface area contributed by atoms with Crippen molar-refractivity contribution in [3.8, 4) is 39.1 Å². The zero-order valence-corrected chi connectivity index (χ0v) is 29.7. The largest absolute Gasteiger partial charge is 0.310 e. The fourth-order valence-corrected chi connectivity index (χ4v) is 8.12. The first-order valence-electron chi connectivity index (χ1n) is 18.5. The van der Waals surface area contributed by atoms with Gasteiger partial charge in [0.2, 0.25) is 0 Å². The minimum absolute atomic E-state index is 1.10. The van der Waals surface area contributed by atoms with Crippen molar-refractivity contribution in [2.75, 3.05) is 4.90 Å². The summed E-state index contributed by atoms with van der Waals surface area (Å²) in [6, 6.07) is 78.8. The van der Waals surface area contributed by atoms with Gasteiger partial charge in [0.1, 0.15) is 0 Å². The molecule has 0 aliphatic rings. The predicted octanol–water partition coefficient (Wildman–Crippen LogP) is 14.4. The van der Waals surface area contributed by atoms with Crippen LogP contribution in [0.15, 0.2) is 218 Å². The van der Waals surface area contributed by atoms with Gasteiger partial charge in [-0.2, -0.15) is 0 Å². The Balaban J connectivity index is 1.10. The quantitative estimate of drug-likeness (QED) is 0.162. The summed E-state index contributed by atoms with van der Waals surface area (Å²) in [5, 5.41) is 4.95. The van der Waals surface area contributed by atoms with Crippen molar-refractivity contribution in [2.45, 2.75) is 0 Å². The molecule has 2 nitrogen and oxygen atoms in total. The van der Waals surface area contributed by atoms with Gasteiger partial charge in [-0.25, -0.2) is 0 Å². The Morgan fingerprint density at radius 2 is 0.833 bits per heavy atom. The SMILES string of the molecule is c1ccc(-c2ccc(N(c3ccc(-c4ccccc4-c4cccc5c4c4ccccc4n5-c4ccccc4)cc3)c3cccc4ccccc34)cc2)cc1. The van der Waals surface area contributed by atoms with Gasteiger partial charge in [0, 0.05) is 33.2 Å². The number of para-hydroxylation sites is 2. The zero-order valence-electron chi connectivity index (χ0n) is 29.7. The van der Waals surface area contributed by atoms with Gasteiger partial charge in [0.05, 0.1) is 16.7 Å². The summed E-state index contributed by atoms with van der Waals surface area (Å²) in [4.78, 5) is 2.38. The molecule has 0 atom stereocenters. The number of anilines is 3. The molecule has 54 heavy (non-hydrogen) atoms. The molecule has 0 spiro atoms. The van der Waals surface area contributed by atoms with Gasteiger partial charge in [0.25, 0.3) is 0 Å². The van der Waals surface area contributed by atoms with Gasteiger partial charge in [-0.1, -0.05) is 164 Å². The second-order valence-electron chi connectivity index (χ2n) is 13.7. The predicted molar refractivity (Wildman–Crippen MR) is 229 cm³/mol. The van der Waals surface area contributed by atoms with Crippen LogP contribution in [-0.4, -0.2) is 4.57 Å². The summed E-state index contributed by atoms with van der Waals surface area (Å²) in [6.07, 6.45) is 0. The number of nitrogens with zero attached hydrogens (tertiary/aromatic N) is 2. The molecule has 0 radical (unpaired) electrons. The molecule has 254 valence electrons. The van der Waals surface area contributed by atoms with Crippen LogP contribution >= 0.6 is 0 Å². The highest BCUT2D eigenvalue weighted by Gasteiger charge is 2.19. The molecule has 0 N–H and O–H groups in total. The van der Waals surface area contributed by atoms with E-state index < -0.39 is 0 Å². The van der Waals surface area contributed by atoms with Gasteiger partial charge in [0.15, 0.2) is 0 Å². The molecule has 0 aliphatic carbocycles. The Bertz CT molecular complexity index is 2900. The lowest BCUT2D eigenvalue weighted by Crippen LogP contribution is -2.10. The van der Waals surface area contributed by atoms with Crippen molar-refractivity contribution in [2.24, 2.45) is 0 Å². The van der Waals surface area contributed by atoms with Crippen LogP contribution in [0.4, 0.5) is 17.1 Å². The molecule has 1 heterocycles. The van der Waals surface area contributed by atoms with Crippen LogP contribution in [0.1, 0.15) is 0 Å². The van der Waals surface area contributed by atoms with Crippen LogP contribution in [0.5, 0.6) is 0 Å². The van der Waals surface area contributed by atoms with Crippen molar-refractivity contribution in [3.63, 3.8) is 0 Å². The third-order valence-corrected chi connectivity index (χ3v) is 10.6. The Morgan fingerprint density at radius 1 is 0.315 bits per heavy atom. The molecule has 10 rings (SSSR count). The first-order chi connectivity index (χ1) is 26.8. The number of hydrogen-bond donors (Lipinski definition) is 0. The van der Waals surface area contributed by atoms with E-state index in [0.29, 0.717) is 0 Å². The average molecular weight is 689 g/mol. The molecule has 0 unspecified atom stereocenters. The highest BCUT2D eigenvalue weighted by atomic mass is 15.1. The van der Waals surface area contributed by atoms with E-state index in [1.54, 1.807) is 0 Å². The lowest BCUT2D eigenvalue weighted by Gasteiger charge is -2.27. The van der Waals surface area contributed by atoms with Gasteiger partial charge in [-0.05, 0) is 93.4 Å². The second kappa shape index (κ2) is 13.4. The maximum atomic E-state index is 2.39. The molecule has 0 saturated carbocycles. The molecule has 1 aromatic heterocycles. The Kier molecular flexibility index (Phi) is 7.85. The van der Waals surface area contributed by atoms with Gasteiger partial charge < -0.3 is 9.47 Å². The smallest absolute Gasteiger partial charge is 0.0547 e. The molecule has 9 aromatic carbocycles. The van der Waals surface area contributed by atoms with Crippen LogP contribution in [-0.2, 0) is 0 Å². The van der Waals surface area contributed by atoms with Crippen molar-refractivity contribution >= 4 is 49.6 Å². The fraction of sp³-hybridized carbons (Fsp3) is 0. The molecule has 2 heteroatoms. The molecule has 0 aliphatic heterocycles. The van der Waals surface area contributed by atoms with Crippen LogP contribution in [0.3, 0.4) is 0 Å². The molecule has 0 amide bonds. The summed E-state index contributed by atoms with van der Waals surface area (Å²) >= 11 is 0. The van der Waals surface area contributed by atoms with Gasteiger partial charge >= 0.3 is 0 Å². The summed E-state index contributed by atoms with van der Waals surface area (Å²) in [6.45, 7) is 0.